The molecule has 0 bridgehead atoms. The first-order valence-corrected chi connectivity index (χ1v) is 11.1. The maximum absolute atomic E-state index is 5.34. The van der Waals surface area contributed by atoms with Crippen LogP contribution in [0.5, 0.6) is 0 Å². The van der Waals surface area contributed by atoms with E-state index in [4.69, 9.17) is 11.5 Å². The summed E-state index contributed by atoms with van der Waals surface area (Å²) in [6.45, 7) is 18.3. The number of hydrogen-bond acceptors (Lipinski definition) is 6. The second kappa shape index (κ2) is 15.7. The standard InChI is InChI=1S/C13H28N2.C8H22N4/c1-6-7-8-14-11-9-12(2,3)15-13(4,5)10-11;9-3-1-5-11-7-8-12-6-2-4-10/h11,14-15H,6-10H2,1-5H3;11-12H,1-10H2. The Kier molecular flexibility index (Phi) is 15.5. The van der Waals surface area contributed by atoms with E-state index in [0.29, 0.717) is 6.04 Å². The average molecular weight is 387 g/mol. The quantitative estimate of drug-likeness (QED) is 0.269. The fraction of sp³-hybridized carbons (Fsp3) is 1.00. The number of nitrogens with one attached hydrogen (secondary N) is 4. The predicted octanol–water partition coefficient (Wildman–Crippen LogP) is 1.55. The Morgan fingerprint density at radius 1 is 0.778 bits per heavy atom. The van der Waals surface area contributed by atoms with Crippen LogP contribution in [-0.4, -0.2) is 62.9 Å². The number of rotatable bonds is 13. The molecule has 0 atom stereocenters. The molecule has 6 heteroatoms. The fourth-order valence-electron chi connectivity index (χ4n) is 3.83. The highest BCUT2D eigenvalue weighted by atomic mass is 15.1. The molecule has 0 aliphatic carbocycles. The number of unbranched alkanes of at least 4 members (excludes halogenated alkanes) is 1. The lowest BCUT2D eigenvalue weighted by Gasteiger charge is -2.46. The maximum Gasteiger partial charge on any atom is 0.0144 e. The van der Waals surface area contributed by atoms with Crippen molar-refractivity contribution in [3.8, 4) is 0 Å². The normalized spacial score (nSPS) is 18.8. The van der Waals surface area contributed by atoms with Gasteiger partial charge in [0.15, 0.2) is 0 Å². The van der Waals surface area contributed by atoms with Crippen LogP contribution in [0, 0.1) is 0 Å². The molecule has 0 spiro atoms. The summed E-state index contributed by atoms with van der Waals surface area (Å²) in [5, 5.41) is 14.0. The Hall–Kier alpha value is -0.240. The number of piperidine rings is 1. The van der Waals surface area contributed by atoms with Crippen molar-refractivity contribution in [2.75, 3.05) is 45.8 Å². The van der Waals surface area contributed by atoms with Crippen molar-refractivity contribution in [3.05, 3.63) is 0 Å². The summed E-state index contributed by atoms with van der Waals surface area (Å²) >= 11 is 0. The molecule has 6 nitrogen and oxygen atoms in total. The van der Waals surface area contributed by atoms with Gasteiger partial charge in [0.1, 0.15) is 0 Å². The molecule has 8 N–H and O–H groups in total. The van der Waals surface area contributed by atoms with Crippen LogP contribution >= 0.6 is 0 Å². The van der Waals surface area contributed by atoms with Crippen LogP contribution in [0.25, 0.3) is 0 Å². The summed E-state index contributed by atoms with van der Waals surface area (Å²) in [7, 11) is 0. The van der Waals surface area contributed by atoms with Gasteiger partial charge in [0, 0.05) is 30.2 Å². The van der Waals surface area contributed by atoms with Crippen molar-refractivity contribution >= 4 is 0 Å². The van der Waals surface area contributed by atoms with Gasteiger partial charge in [0.25, 0.3) is 0 Å². The van der Waals surface area contributed by atoms with Crippen molar-refractivity contribution < 1.29 is 0 Å². The van der Waals surface area contributed by atoms with Crippen molar-refractivity contribution in [1.29, 1.82) is 0 Å². The second-order valence-electron chi connectivity index (χ2n) is 9.09. The molecule has 27 heavy (non-hydrogen) atoms. The van der Waals surface area contributed by atoms with Crippen molar-refractivity contribution in [1.82, 2.24) is 21.3 Å². The first-order chi connectivity index (χ1) is 12.8. The molecule has 1 rings (SSSR count). The van der Waals surface area contributed by atoms with Crippen LogP contribution < -0.4 is 32.7 Å². The van der Waals surface area contributed by atoms with E-state index in [1.54, 1.807) is 0 Å². The smallest absolute Gasteiger partial charge is 0.0144 e. The lowest BCUT2D eigenvalue weighted by atomic mass is 9.79. The Labute approximate surface area is 169 Å². The maximum atomic E-state index is 5.34. The van der Waals surface area contributed by atoms with E-state index in [-0.39, 0.29) is 11.1 Å². The van der Waals surface area contributed by atoms with E-state index in [9.17, 15) is 0 Å². The summed E-state index contributed by atoms with van der Waals surface area (Å²) in [6, 6.07) is 0.683. The van der Waals surface area contributed by atoms with E-state index in [1.807, 2.05) is 0 Å². The van der Waals surface area contributed by atoms with Gasteiger partial charge < -0.3 is 32.7 Å². The zero-order valence-electron chi connectivity index (χ0n) is 18.9. The highest BCUT2D eigenvalue weighted by molar-refractivity contribution is 4.99. The summed E-state index contributed by atoms with van der Waals surface area (Å²) in [4.78, 5) is 0. The van der Waals surface area contributed by atoms with E-state index in [1.165, 1.54) is 32.2 Å². The monoisotopic (exact) mass is 386 g/mol. The van der Waals surface area contributed by atoms with Gasteiger partial charge in [-0.3, -0.25) is 0 Å². The minimum Gasteiger partial charge on any atom is -0.330 e. The molecule has 0 unspecified atom stereocenters. The van der Waals surface area contributed by atoms with Gasteiger partial charge in [0.05, 0.1) is 0 Å². The topological polar surface area (TPSA) is 100 Å². The molecule has 0 radical (unpaired) electrons. The van der Waals surface area contributed by atoms with Crippen LogP contribution in [0.1, 0.15) is 73.1 Å². The Morgan fingerprint density at radius 3 is 1.67 bits per heavy atom. The molecule has 0 amide bonds. The SMILES string of the molecule is CCCCNC1CC(C)(C)NC(C)(C)C1.NCCCNCCNCCCN. The molecule has 164 valence electrons. The summed E-state index contributed by atoms with van der Waals surface area (Å²) in [6.07, 6.45) is 7.17. The zero-order valence-corrected chi connectivity index (χ0v) is 18.9. The van der Waals surface area contributed by atoms with Gasteiger partial charge in [-0.15, -0.1) is 0 Å². The Morgan fingerprint density at radius 2 is 1.26 bits per heavy atom. The molecule has 1 heterocycles. The largest absolute Gasteiger partial charge is 0.330 e. The van der Waals surface area contributed by atoms with Gasteiger partial charge in [-0.25, -0.2) is 0 Å². The highest BCUT2D eigenvalue weighted by Gasteiger charge is 2.37. The average Bonchev–Trinajstić information content (AvgIpc) is 2.55. The number of hydrogen-bond donors (Lipinski definition) is 6. The molecular weight excluding hydrogens is 336 g/mol. The van der Waals surface area contributed by atoms with Crippen LogP contribution in [-0.2, 0) is 0 Å². The molecule has 0 aromatic carbocycles. The van der Waals surface area contributed by atoms with E-state index >= 15 is 0 Å². The van der Waals surface area contributed by atoms with Gasteiger partial charge in [0.2, 0.25) is 0 Å². The van der Waals surface area contributed by atoms with Crippen LogP contribution in [0.15, 0.2) is 0 Å². The van der Waals surface area contributed by atoms with E-state index < -0.39 is 0 Å². The van der Waals surface area contributed by atoms with Crippen molar-refractivity contribution in [2.24, 2.45) is 11.5 Å². The van der Waals surface area contributed by atoms with Crippen LogP contribution in [0.2, 0.25) is 0 Å². The lowest BCUT2D eigenvalue weighted by Crippen LogP contribution is -2.61. The molecule has 0 aromatic rings. The lowest BCUT2D eigenvalue weighted by molar-refractivity contribution is 0.146. The van der Waals surface area contributed by atoms with Gasteiger partial charge in [-0.05, 0) is 92.5 Å². The third-order valence-electron chi connectivity index (χ3n) is 4.75. The molecule has 0 saturated carbocycles. The molecule has 1 saturated heterocycles. The first-order valence-electron chi connectivity index (χ1n) is 11.1. The highest BCUT2D eigenvalue weighted by Crippen LogP contribution is 2.28. The molecule has 1 aliphatic rings. The van der Waals surface area contributed by atoms with Gasteiger partial charge in [-0.1, -0.05) is 13.3 Å². The fourth-order valence-corrected chi connectivity index (χ4v) is 3.83. The zero-order chi connectivity index (χ0) is 20.6. The van der Waals surface area contributed by atoms with Crippen LogP contribution in [0.3, 0.4) is 0 Å². The van der Waals surface area contributed by atoms with Gasteiger partial charge in [-0.2, -0.15) is 0 Å². The van der Waals surface area contributed by atoms with E-state index in [0.717, 1.165) is 52.1 Å². The summed E-state index contributed by atoms with van der Waals surface area (Å²) in [5.74, 6) is 0. The molecule has 1 aliphatic heterocycles. The molecule has 0 aromatic heterocycles. The van der Waals surface area contributed by atoms with Crippen LogP contribution in [0.4, 0.5) is 0 Å². The van der Waals surface area contributed by atoms with Crippen molar-refractivity contribution in [3.63, 3.8) is 0 Å². The third-order valence-corrected chi connectivity index (χ3v) is 4.75. The predicted molar refractivity (Wildman–Crippen MR) is 120 cm³/mol. The number of nitrogens with two attached hydrogens (primary N) is 2. The Balaban J connectivity index is 0.000000516. The Bertz CT molecular complexity index is 307. The van der Waals surface area contributed by atoms with E-state index in [2.05, 4.69) is 55.9 Å². The second-order valence-corrected chi connectivity index (χ2v) is 9.09. The molecule has 1 fully saturated rings. The van der Waals surface area contributed by atoms with Crippen molar-refractivity contribution in [2.45, 2.75) is 90.3 Å². The summed E-state index contributed by atoms with van der Waals surface area (Å²) in [5.41, 5.74) is 11.2. The third kappa shape index (κ3) is 16.4. The van der Waals surface area contributed by atoms with Gasteiger partial charge >= 0.3 is 0 Å². The summed E-state index contributed by atoms with van der Waals surface area (Å²) < 4.78 is 0. The minimum absolute atomic E-state index is 0.269. The molecular formula is C21H50N6. The first kappa shape index (κ1) is 26.8. The minimum atomic E-state index is 0.269.